The first kappa shape index (κ1) is 28.3. The van der Waals surface area contributed by atoms with E-state index in [1.807, 2.05) is 18.2 Å². The number of aryl methyl sites for hydroxylation is 1. The first-order chi connectivity index (χ1) is 16.4. The Labute approximate surface area is 215 Å². The van der Waals surface area contributed by atoms with Crippen LogP contribution in [-0.2, 0) is 11.2 Å². The van der Waals surface area contributed by atoms with Crippen LogP contribution in [0.2, 0.25) is 10.0 Å². The van der Waals surface area contributed by atoms with Gasteiger partial charge in [-0.2, -0.15) is 0 Å². The normalized spacial score (nSPS) is 10.9. The topological polar surface area (TPSA) is 58.6 Å². The highest BCUT2D eigenvalue weighted by atomic mass is 35.5. The van der Waals surface area contributed by atoms with Crippen LogP contribution in [0.4, 0.5) is 5.69 Å². The van der Waals surface area contributed by atoms with Crippen molar-refractivity contribution in [1.29, 1.82) is 0 Å². The highest BCUT2D eigenvalue weighted by Gasteiger charge is 2.15. The first-order valence-corrected chi connectivity index (χ1v) is 13.4. The maximum Gasteiger partial charge on any atom is 0.262 e. The molecule has 0 aliphatic rings. The molecule has 0 saturated heterocycles. The second-order valence-electron chi connectivity index (χ2n) is 8.92. The van der Waals surface area contributed by atoms with E-state index in [2.05, 4.69) is 18.3 Å². The van der Waals surface area contributed by atoms with Crippen LogP contribution in [0, 0.1) is 6.92 Å². The minimum Gasteiger partial charge on any atom is -0.504 e. The van der Waals surface area contributed by atoms with Crippen molar-refractivity contribution < 1.29 is 14.6 Å². The van der Waals surface area contributed by atoms with Gasteiger partial charge in [-0.15, -0.1) is 0 Å². The minimum atomic E-state index is -0.393. The Morgan fingerprint density at radius 2 is 1.53 bits per heavy atom. The highest BCUT2D eigenvalue weighted by Crippen LogP contribution is 2.38. The van der Waals surface area contributed by atoms with E-state index < -0.39 is 5.91 Å². The van der Waals surface area contributed by atoms with Crippen molar-refractivity contribution in [1.82, 2.24) is 0 Å². The Kier molecular flexibility index (Phi) is 13.2. The molecule has 2 rings (SSSR count). The number of aromatic hydroxyl groups is 1. The average Bonchev–Trinajstić information content (AvgIpc) is 2.83. The van der Waals surface area contributed by atoms with Gasteiger partial charge in [0.15, 0.2) is 12.4 Å². The largest absolute Gasteiger partial charge is 0.504 e. The number of anilines is 1. The number of amides is 1. The van der Waals surface area contributed by atoms with Gasteiger partial charge in [0.2, 0.25) is 0 Å². The molecule has 2 aromatic carbocycles. The number of rotatable bonds is 16. The van der Waals surface area contributed by atoms with Gasteiger partial charge in [-0.25, -0.2) is 0 Å². The predicted molar refractivity (Wildman–Crippen MR) is 144 cm³/mol. The van der Waals surface area contributed by atoms with Crippen LogP contribution in [0.25, 0.3) is 0 Å². The number of phenolic OH excluding ortho intramolecular Hbond substituents is 1. The SMILES string of the molecule is CCCCCCCCCCCCCc1ccccc1OCC(=O)Nc1cc(Cl)c(C)c(Cl)c1O. The molecule has 0 heterocycles. The Balaban J connectivity index is 1.71. The number of hydrogen-bond acceptors (Lipinski definition) is 3. The molecule has 2 N–H and O–H groups in total. The lowest BCUT2D eigenvalue weighted by Gasteiger charge is -2.13. The number of unbranched alkanes of at least 4 members (excludes halogenated alkanes) is 10. The van der Waals surface area contributed by atoms with E-state index in [0.717, 1.165) is 18.4 Å². The number of carbonyl (C=O) groups is 1. The lowest BCUT2D eigenvalue weighted by Crippen LogP contribution is -2.20. The summed E-state index contributed by atoms with van der Waals surface area (Å²) in [5, 5.41) is 13.3. The number of ether oxygens (including phenoxy) is 1. The summed E-state index contributed by atoms with van der Waals surface area (Å²) >= 11 is 12.2. The Bertz CT molecular complexity index is 901. The molecule has 34 heavy (non-hydrogen) atoms. The molecule has 0 radical (unpaired) electrons. The second-order valence-corrected chi connectivity index (χ2v) is 9.71. The second kappa shape index (κ2) is 15.9. The predicted octanol–water partition coefficient (Wildman–Crippen LogP) is 8.88. The third kappa shape index (κ3) is 9.76. The molecular formula is C28H39Cl2NO3. The van der Waals surface area contributed by atoms with Crippen molar-refractivity contribution in [2.75, 3.05) is 11.9 Å². The lowest BCUT2D eigenvalue weighted by molar-refractivity contribution is -0.118. The molecule has 0 aromatic heterocycles. The highest BCUT2D eigenvalue weighted by molar-refractivity contribution is 6.37. The summed E-state index contributed by atoms with van der Waals surface area (Å²) in [5.41, 5.74) is 1.84. The third-order valence-electron chi connectivity index (χ3n) is 6.08. The minimum absolute atomic E-state index is 0.126. The molecule has 0 unspecified atom stereocenters. The summed E-state index contributed by atoms with van der Waals surface area (Å²) in [7, 11) is 0. The van der Waals surface area contributed by atoms with Crippen molar-refractivity contribution in [3.05, 3.63) is 51.5 Å². The fourth-order valence-corrected chi connectivity index (χ4v) is 4.42. The molecule has 0 saturated carbocycles. The van der Waals surface area contributed by atoms with Crippen molar-refractivity contribution >= 4 is 34.8 Å². The van der Waals surface area contributed by atoms with Gasteiger partial charge < -0.3 is 15.2 Å². The van der Waals surface area contributed by atoms with E-state index in [1.165, 1.54) is 70.3 Å². The summed E-state index contributed by atoms with van der Waals surface area (Å²) in [6.45, 7) is 3.79. The van der Waals surface area contributed by atoms with E-state index in [9.17, 15) is 9.90 Å². The van der Waals surface area contributed by atoms with E-state index >= 15 is 0 Å². The molecule has 1 amide bonds. The molecule has 188 valence electrons. The van der Waals surface area contributed by atoms with E-state index in [4.69, 9.17) is 27.9 Å². The average molecular weight is 509 g/mol. The zero-order chi connectivity index (χ0) is 24.8. The number of phenols is 1. The smallest absolute Gasteiger partial charge is 0.262 e. The zero-order valence-electron chi connectivity index (χ0n) is 20.6. The number of para-hydroxylation sites is 1. The third-order valence-corrected chi connectivity index (χ3v) is 6.93. The molecule has 6 heteroatoms. The summed E-state index contributed by atoms with van der Waals surface area (Å²) < 4.78 is 5.79. The van der Waals surface area contributed by atoms with Crippen LogP contribution in [0.15, 0.2) is 30.3 Å². The van der Waals surface area contributed by atoms with Crippen LogP contribution >= 0.6 is 23.2 Å². The molecule has 2 aromatic rings. The molecule has 0 aliphatic carbocycles. The van der Waals surface area contributed by atoms with Gasteiger partial charge in [0, 0.05) is 5.02 Å². The van der Waals surface area contributed by atoms with Crippen LogP contribution < -0.4 is 10.1 Å². The number of benzene rings is 2. The molecule has 0 spiro atoms. The number of nitrogens with one attached hydrogen (secondary N) is 1. The van der Waals surface area contributed by atoms with Crippen molar-refractivity contribution in [3.8, 4) is 11.5 Å². The quantitative estimate of drug-likeness (QED) is 0.176. The van der Waals surface area contributed by atoms with Gasteiger partial charge in [0.1, 0.15) is 5.75 Å². The standard InChI is InChI=1S/C28H39Cl2NO3/c1-3-4-5-6-7-8-9-10-11-12-13-16-22-17-14-15-18-25(22)34-20-26(32)31-24-19-23(29)21(2)27(30)28(24)33/h14-15,17-19,33H,3-13,16,20H2,1-2H3,(H,31,32). The Hall–Kier alpha value is -1.91. The molecule has 0 aliphatic heterocycles. The van der Waals surface area contributed by atoms with Crippen molar-refractivity contribution in [2.24, 2.45) is 0 Å². The fraction of sp³-hybridized carbons (Fsp3) is 0.536. The Morgan fingerprint density at radius 3 is 2.18 bits per heavy atom. The van der Waals surface area contributed by atoms with Crippen LogP contribution in [0.5, 0.6) is 11.5 Å². The summed E-state index contributed by atoms with van der Waals surface area (Å²) in [6.07, 6.45) is 15.4. The molecule has 0 fully saturated rings. The summed E-state index contributed by atoms with van der Waals surface area (Å²) in [4.78, 5) is 12.4. The maximum absolute atomic E-state index is 12.4. The van der Waals surface area contributed by atoms with Gasteiger partial charge >= 0.3 is 0 Å². The van der Waals surface area contributed by atoms with Gasteiger partial charge in [-0.3, -0.25) is 4.79 Å². The maximum atomic E-state index is 12.4. The van der Waals surface area contributed by atoms with E-state index in [1.54, 1.807) is 6.92 Å². The van der Waals surface area contributed by atoms with E-state index in [0.29, 0.717) is 16.3 Å². The zero-order valence-corrected chi connectivity index (χ0v) is 22.1. The number of carbonyl (C=O) groups excluding carboxylic acids is 1. The monoisotopic (exact) mass is 507 g/mol. The van der Waals surface area contributed by atoms with Crippen LogP contribution in [0.3, 0.4) is 0 Å². The van der Waals surface area contributed by atoms with Gasteiger partial charge in [-0.1, -0.05) is 113 Å². The number of hydrogen-bond donors (Lipinski definition) is 2. The van der Waals surface area contributed by atoms with Crippen LogP contribution in [-0.4, -0.2) is 17.6 Å². The van der Waals surface area contributed by atoms with Crippen LogP contribution in [0.1, 0.15) is 88.7 Å². The lowest BCUT2D eigenvalue weighted by atomic mass is 10.0. The summed E-state index contributed by atoms with van der Waals surface area (Å²) in [5.74, 6) is 0.124. The molecule has 4 nitrogen and oxygen atoms in total. The number of halogens is 2. The van der Waals surface area contributed by atoms with Crippen molar-refractivity contribution in [2.45, 2.75) is 90.9 Å². The molecular weight excluding hydrogens is 469 g/mol. The first-order valence-electron chi connectivity index (χ1n) is 12.6. The molecule has 0 bridgehead atoms. The van der Waals surface area contributed by atoms with Gasteiger partial charge in [0.05, 0.1) is 10.7 Å². The van der Waals surface area contributed by atoms with Gasteiger partial charge in [-0.05, 0) is 43.0 Å². The molecule has 0 atom stereocenters. The van der Waals surface area contributed by atoms with Gasteiger partial charge in [0.25, 0.3) is 5.91 Å². The van der Waals surface area contributed by atoms with Crippen molar-refractivity contribution in [3.63, 3.8) is 0 Å². The summed E-state index contributed by atoms with van der Waals surface area (Å²) in [6, 6.07) is 9.32. The van der Waals surface area contributed by atoms with E-state index in [-0.39, 0.29) is 23.1 Å². The Morgan fingerprint density at radius 1 is 0.941 bits per heavy atom. The fourth-order valence-electron chi connectivity index (χ4n) is 3.96.